The number of nitrogens with zero attached hydrogens (tertiary/aromatic N) is 2. The van der Waals surface area contributed by atoms with Gasteiger partial charge in [-0.1, -0.05) is 13.0 Å². The van der Waals surface area contributed by atoms with Crippen molar-refractivity contribution in [2.45, 2.75) is 20.3 Å². The van der Waals surface area contributed by atoms with Crippen molar-refractivity contribution >= 4 is 10.8 Å². The van der Waals surface area contributed by atoms with Crippen molar-refractivity contribution < 1.29 is 50.7 Å². The molecule has 0 amide bonds. The predicted octanol–water partition coefficient (Wildman–Crippen LogP) is -1.16. The summed E-state index contributed by atoms with van der Waals surface area (Å²) in [6.07, 6.45) is 12.0. The maximum atomic E-state index is 4.03. The van der Waals surface area contributed by atoms with Gasteiger partial charge in [0.25, 0.3) is 0 Å². The molecule has 1 aromatic heterocycles. The summed E-state index contributed by atoms with van der Waals surface area (Å²) in [5.74, 6) is 0. The second-order valence-electron chi connectivity index (χ2n) is 5.21. The second-order valence-corrected chi connectivity index (χ2v) is 5.21. The van der Waals surface area contributed by atoms with Gasteiger partial charge in [-0.05, 0) is 5.69 Å². The van der Waals surface area contributed by atoms with Crippen LogP contribution in [-0.2, 0) is 25.8 Å². The maximum Gasteiger partial charge on any atom is 4.00 e. The molecule has 0 unspecified atom stereocenters. The molecule has 0 atom stereocenters. The van der Waals surface area contributed by atoms with Gasteiger partial charge in [-0.2, -0.15) is 6.08 Å². The fourth-order valence-corrected chi connectivity index (χ4v) is 2.34. The van der Waals surface area contributed by atoms with Crippen LogP contribution in [0.4, 0.5) is 0 Å². The molecule has 0 radical (unpaired) electrons. The quantitative estimate of drug-likeness (QED) is 0.291. The van der Waals surface area contributed by atoms with Crippen LogP contribution in [0.3, 0.4) is 0 Å². The zero-order valence-electron chi connectivity index (χ0n) is 13.6. The Bertz CT molecular complexity index is 753. The van der Waals surface area contributed by atoms with Gasteiger partial charge in [-0.25, -0.2) is 16.1 Å². The van der Waals surface area contributed by atoms with Crippen LogP contribution >= 0.6 is 0 Å². The van der Waals surface area contributed by atoms with Crippen LogP contribution < -0.4 is 24.8 Å². The minimum absolute atomic E-state index is 0. The molecular formula is C19H18Cl2HfN2. The Balaban J connectivity index is 0.000000463. The summed E-state index contributed by atoms with van der Waals surface area (Å²) in [7, 11) is 0. The SMILES string of the molecule is CC1=[C-]CC=C1C.[Cl-].[Cl-].[Hf+4].c1ccc2[cH-]c(-n3ccnc3)cc2c1. The van der Waals surface area contributed by atoms with E-state index < -0.39 is 0 Å². The molecule has 0 saturated heterocycles. The van der Waals surface area contributed by atoms with E-state index in [0.717, 1.165) is 6.42 Å². The predicted molar refractivity (Wildman–Crippen MR) is 87.5 cm³/mol. The minimum atomic E-state index is 0. The summed E-state index contributed by atoms with van der Waals surface area (Å²) in [6, 6.07) is 12.7. The summed E-state index contributed by atoms with van der Waals surface area (Å²) >= 11 is 0. The van der Waals surface area contributed by atoms with E-state index in [1.54, 1.807) is 6.20 Å². The molecule has 0 saturated carbocycles. The van der Waals surface area contributed by atoms with Crippen LogP contribution in [0.15, 0.2) is 72.3 Å². The van der Waals surface area contributed by atoms with Gasteiger partial charge in [0.1, 0.15) is 0 Å². The first-order valence-corrected chi connectivity index (χ1v) is 7.12. The standard InChI is InChI=1S/C12H9N2.C7H9.2ClH.Hf/c1-2-4-11-8-12(7-10(11)3-1)14-6-5-13-9-14;1-6-4-3-5-7(6)2;;;/h1-9H;4H,3H2,1-2H3;2*1H;/q2*-1;;;+4/p-2. The van der Waals surface area contributed by atoms with Crippen molar-refractivity contribution in [3.05, 3.63) is 78.4 Å². The monoisotopic (exact) mass is 524 g/mol. The van der Waals surface area contributed by atoms with Crippen molar-refractivity contribution in [1.82, 2.24) is 9.55 Å². The molecule has 4 rings (SSSR count). The number of rotatable bonds is 1. The number of halogens is 2. The van der Waals surface area contributed by atoms with E-state index in [1.165, 1.54) is 27.6 Å². The van der Waals surface area contributed by atoms with Crippen molar-refractivity contribution in [2.24, 2.45) is 0 Å². The normalized spacial score (nSPS) is 11.9. The van der Waals surface area contributed by atoms with Gasteiger partial charge >= 0.3 is 25.8 Å². The van der Waals surface area contributed by atoms with Crippen molar-refractivity contribution in [1.29, 1.82) is 0 Å². The number of benzene rings is 1. The van der Waals surface area contributed by atoms with E-state index in [2.05, 4.69) is 67.4 Å². The molecule has 2 aromatic carbocycles. The Hall–Kier alpha value is -1.03. The summed E-state index contributed by atoms with van der Waals surface area (Å²) in [6.45, 7) is 4.22. The largest absolute Gasteiger partial charge is 4.00 e. The Morgan fingerprint density at radius 3 is 2.42 bits per heavy atom. The van der Waals surface area contributed by atoms with Crippen LogP contribution in [-0.4, -0.2) is 9.55 Å². The third-order valence-electron chi connectivity index (χ3n) is 3.77. The van der Waals surface area contributed by atoms with E-state index in [-0.39, 0.29) is 50.7 Å². The van der Waals surface area contributed by atoms with Crippen LogP contribution in [0.1, 0.15) is 20.3 Å². The van der Waals surface area contributed by atoms with E-state index in [0.29, 0.717) is 0 Å². The average Bonchev–Trinajstić information content (AvgIpc) is 3.21. The Morgan fingerprint density at radius 2 is 1.92 bits per heavy atom. The fraction of sp³-hybridized carbons (Fsp3) is 0.158. The minimum Gasteiger partial charge on any atom is -1.00 e. The Labute approximate surface area is 174 Å². The van der Waals surface area contributed by atoms with Crippen LogP contribution in [0, 0.1) is 6.08 Å². The van der Waals surface area contributed by atoms with E-state index in [9.17, 15) is 0 Å². The molecule has 0 aliphatic heterocycles. The molecule has 2 nitrogen and oxygen atoms in total. The zero-order valence-corrected chi connectivity index (χ0v) is 18.7. The van der Waals surface area contributed by atoms with Crippen molar-refractivity contribution in [2.75, 3.05) is 0 Å². The molecule has 24 heavy (non-hydrogen) atoms. The summed E-state index contributed by atoms with van der Waals surface area (Å²) < 4.78 is 2.01. The number of aromatic nitrogens is 2. The first kappa shape index (κ1) is 23.0. The van der Waals surface area contributed by atoms with Gasteiger partial charge in [0.2, 0.25) is 0 Å². The fourth-order valence-electron chi connectivity index (χ4n) is 2.34. The molecule has 5 heteroatoms. The molecule has 122 valence electrons. The van der Waals surface area contributed by atoms with Crippen LogP contribution in [0.2, 0.25) is 0 Å². The van der Waals surface area contributed by atoms with Gasteiger partial charge in [0.05, 0.1) is 6.33 Å². The van der Waals surface area contributed by atoms with Crippen molar-refractivity contribution in [3.8, 4) is 5.69 Å². The zero-order chi connectivity index (χ0) is 14.7. The topological polar surface area (TPSA) is 17.8 Å². The van der Waals surface area contributed by atoms with E-state index >= 15 is 0 Å². The number of hydrogen-bond donors (Lipinski definition) is 0. The molecule has 1 aliphatic rings. The molecule has 0 spiro atoms. The van der Waals surface area contributed by atoms with E-state index in [1.807, 2.05) is 17.1 Å². The van der Waals surface area contributed by atoms with Gasteiger partial charge in [-0.3, -0.25) is 6.08 Å². The van der Waals surface area contributed by atoms with Crippen LogP contribution in [0.5, 0.6) is 0 Å². The molecular weight excluding hydrogens is 506 g/mol. The number of imidazole rings is 1. The van der Waals surface area contributed by atoms with Gasteiger partial charge in [0.15, 0.2) is 0 Å². The number of fused-ring (bicyclic) bond motifs is 1. The van der Waals surface area contributed by atoms with Gasteiger partial charge < -0.3 is 29.4 Å². The molecule has 0 N–H and O–H groups in total. The van der Waals surface area contributed by atoms with Gasteiger partial charge in [-0.15, -0.1) is 54.4 Å². The Morgan fingerprint density at radius 1 is 1.17 bits per heavy atom. The summed E-state index contributed by atoms with van der Waals surface area (Å²) in [4.78, 5) is 4.03. The van der Waals surface area contributed by atoms with E-state index in [4.69, 9.17) is 0 Å². The molecule has 1 aliphatic carbocycles. The number of hydrogen-bond acceptors (Lipinski definition) is 1. The second kappa shape index (κ2) is 10.8. The third kappa shape index (κ3) is 5.51. The summed E-state index contributed by atoms with van der Waals surface area (Å²) in [5, 5.41) is 2.55. The molecule has 3 aromatic rings. The van der Waals surface area contributed by atoms with Crippen molar-refractivity contribution in [3.63, 3.8) is 0 Å². The molecule has 1 heterocycles. The third-order valence-corrected chi connectivity index (χ3v) is 3.77. The smallest absolute Gasteiger partial charge is 1.00 e. The van der Waals surface area contributed by atoms with Crippen LogP contribution in [0.25, 0.3) is 16.5 Å². The first-order valence-electron chi connectivity index (χ1n) is 7.12. The molecule has 0 bridgehead atoms. The first-order chi connectivity index (χ1) is 10.2. The Kier molecular flexibility index (Phi) is 10.3. The summed E-state index contributed by atoms with van der Waals surface area (Å²) in [5.41, 5.74) is 3.88. The molecule has 0 fully saturated rings. The number of allylic oxidation sites excluding steroid dienone is 4. The average molecular weight is 524 g/mol. The van der Waals surface area contributed by atoms with Gasteiger partial charge in [0, 0.05) is 12.4 Å². The maximum absolute atomic E-state index is 4.03.